The number of hydrogen-bond donors (Lipinski definition) is 0. The molecule has 0 aromatic heterocycles. The zero-order valence-electron chi connectivity index (χ0n) is 11.4. The summed E-state index contributed by atoms with van der Waals surface area (Å²) >= 11 is 0. The molecule has 1 aromatic rings. The molecule has 0 saturated carbocycles. The van der Waals surface area contributed by atoms with Crippen LogP contribution >= 0.6 is 0 Å². The fraction of sp³-hybridized carbons (Fsp3) is 0.533. The van der Waals surface area contributed by atoms with Crippen molar-refractivity contribution in [3.63, 3.8) is 0 Å². The largest absolute Gasteiger partial charge is 0.466 e. The third-order valence-electron chi connectivity index (χ3n) is 2.83. The van der Waals surface area contributed by atoms with Crippen LogP contribution in [0.2, 0.25) is 0 Å². The van der Waals surface area contributed by atoms with E-state index in [2.05, 4.69) is 40.0 Å². The van der Waals surface area contributed by atoms with E-state index in [0.717, 1.165) is 0 Å². The molecule has 3 heteroatoms. The highest BCUT2D eigenvalue weighted by Crippen LogP contribution is 2.18. The van der Waals surface area contributed by atoms with Crippen molar-refractivity contribution >= 4 is 11.7 Å². The Labute approximate surface area is 110 Å². The van der Waals surface area contributed by atoms with Gasteiger partial charge in [0, 0.05) is 25.7 Å². The zero-order chi connectivity index (χ0) is 13.2. The van der Waals surface area contributed by atoms with Crippen molar-refractivity contribution in [2.45, 2.75) is 33.1 Å². The molecule has 18 heavy (non-hydrogen) atoms. The Balaban J connectivity index is 0.000000232. The predicted octanol–water partition coefficient (Wildman–Crippen LogP) is 3.25. The minimum Gasteiger partial charge on any atom is -0.466 e. The van der Waals surface area contributed by atoms with E-state index in [1.165, 1.54) is 45.0 Å². The first-order chi connectivity index (χ1) is 8.74. The monoisotopic (exact) mass is 249 g/mol. The number of nitrogens with zero attached hydrogens (tertiary/aromatic N) is 1. The molecule has 1 fully saturated rings. The van der Waals surface area contributed by atoms with Crippen LogP contribution in [0.5, 0.6) is 0 Å². The molecule has 1 aliphatic heterocycles. The summed E-state index contributed by atoms with van der Waals surface area (Å²) in [5.74, 6) is -0.211. The van der Waals surface area contributed by atoms with Crippen molar-refractivity contribution < 1.29 is 9.53 Å². The number of carbonyl (C=O) groups excluding carboxylic acids is 1. The van der Waals surface area contributed by atoms with Crippen molar-refractivity contribution in [3.05, 3.63) is 30.3 Å². The Kier molecular flexibility index (Phi) is 6.92. The molecule has 0 radical (unpaired) electrons. The van der Waals surface area contributed by atoms with Crippen molar-refractivity contribution in [1.29, 1.82) is 0 Å². The maximum atomic E-state index is 9.82. The molecule has 0 amide bonds. The number of piperidine rings is 1. The van der Waals surface area contributed by atoms with E-state index in [1.807, 2.05) is 0 Å². The van der Waals surface area contributed by atoms with E-state index in [9.17, 15) is 4.79 Å². The highest BCUT2D eigenvalue weighted by Gasteiger charge is 2.09. The fourth-order valence-electron chi connectivity index (χ4n) is 1.99. The molecule has 3 nitrogen and oxygen atoms in total. The van der Waals surface area contributed by atoms with Gasteiger partial charge >= 0.3 is 5.97 Å². The first-order valence-corrected chi connectivity index (χ1v) is 6.67. The van der Waals surface area contributed by atoms with Gasteiger partial charge in [0.15, 0.2) is 0 Å². The number of anilines is 1. The zero-order valence-corrected chi connectivity index (χ0v) is 11.4. The molecule has 0 unspecified atom stereocenters. The summed E-state index contributed by atoms with van der Waals surface area (Å²) in [6.45, 7) is 6.13. The van der Waals surface area contributed by atoms with E-state index < -0.39 is 0 Å². The Hall–Kier alpha value is -1.51. The van der Waals surface area contributed by atoms with Crippen LogP contribution in [0.15, 0.2) is 30.3 Å². The maximum absolute atomic E-state index is 9.82. The average Bonchev–Trinajstić information content (AvgIpc) is 2.41. The van der Waals surface area contributed by atoms with Crippen molar-refractivity contribution in [3.8, 4) is 0 Å². The van der Waals surface area contributed by atoms with E-state index in [-0.39, 0.29) is 5.97 Å². The van der Waals surface area contributed by atoms with Gasteiger partial charge in [0.05, 0.1) is 6.61 Å². The van der Waals surface area contributed by atoms with Gasteiger partial charge in [0.25, 0.3) is 0 Å². The normalized spacial score (nSPS) is 14.4. The number of ether oxygens (including phenoxy) is 1. The number of hydrogen-bond acceptors (Lipinski definition) is 3. The summed E-state index contributed by atoms with van der Waals surface area (Å²) in [5, 5.41) is 0. The van der Waals surface area contributed by atoms with Crippen LogP contribution in [0.25, 0.3) is 0 Å². The van der Waals surface area contributed by atoms with Crippen LogP contribution in [-0.2, 0) is 9.53 Å². The lowest BCUT2D eigenvalue weighted by atomic mass is 10.1. The second-order valence-corrected chi connectivity index (χ2v) is 4.31. The molecular formula is C15H23NO2. The van der Waals surface area contributed by atoms with E-state index >= 15 is 0 Å². The standard InChI is InChI=1S/C11H15N.C4H8O2/c1-3-7-11(8-4-1)12-9-5-2-6-10-12;1-3-6-4(2)5/h1,3-4,7-8H,2,5-6,9-10H2;3H2,1-2H3. The van der Waals surface area contributed by atoms with Gasteiger partial charge < -0.3 is 9.64 Å². The molecule has 0 spiro atoms. The number of para-hydroxylation sites is 1. The molecule has 1 aliphatic rings. The minimum atomic E-state index is -0.211. The highest BCUT2D eigenvalue weighted by atomic mass is 16.5. The Morgan fingerprint density at radius 3 is 2.22 bits per heavy atom. The average molecular weight is 249 g/mol. The minimum absolute atomic E-state index is 0.211. The first kappa shape index (κ1) is 14.6. The van der Waals surface area contributed by atoms with Crippen LogP contribution in [0.3, 0.4) is 0 Å². The first-order valence-electron chi connectivity index (χ1n) is 6.67. The summed E-state index contributed by atoms with van der Waals surface area (Å²) in [6.07, 6.45) is 4.12. The molecule has 2 rings (SSSR count). The lowest BCUT2D eigenvalue weighted by Gasteiger charge is -2.28. The number of carbonyl (C=O) groups is 1. The van der Waals surface area contributed by atoms with Crippen LogP contribution in [0, 0.1) is 0 Å². The van der Waals surface area contributed by atoms with Crippen LogP contribution < -0.4 is 4.90 Å². The van der Waals surface area contributed by atoms with Gasteiger partial charge in [-0.1, -0.05) is 18.2 Å². The molecule has 100 valence electrons. The molecular weight excluding hydrogens is 226 g/mol. The molecule has 1 saturated heterocycles. The van der Waals surface area contributed by atoms with E-state index in [0.29, 0.717) is 6.61 Å². The maximum Gasteiger partial charge on any atom is 0.302 e. The number of rotatable bonds is 2. The van der Waals surface area contributed by atoms with Crippen LogP contribution in [0.1, 0.15) is 33.1 Å². The second-order valence-electron chi connectivity index (χ2n) is 4.31. The van der Waals surface area contributed by atoms with Gasteiger partial charge in [-0.3, -0.25) is 4.79 Å². The van der Waals surface area contributed by atoms with E-state index in [1.54, 1.807) is 6.92 Å². The molecule has 0 atom stereocenters. The second kappa shape index (κ2) is 8.56. The third kappa shape index (κ3) is 5.71. The summed E-state index contributed by atoms with van der Waals surface area (Å²) in [6, 6.07) is 10.7. The summed E-state index contributed by atoms with van der Waals surface area (Å²) < 4.78 is 4.40. The molecule has 0 aliphatic carbocycles. The van der Waals surface area contributed by atoms with Gasteiger partial charge in [-0.2, -0.15) is 0 Å². The summed E-state index contributed by atoms with van der Waals surface area (Å²) in [4.78, 5) is 12.3. The highest BCUT2D eigenvalue weighted by molar-refractivity contribution is 5.65. The summed E-state index contributed by atoms with van der Waals surface area (Å²) in [7, 11) is 0. The smallest absolute Gasteiger partial charge is 0.302 e. The lowest BCUT2D eigenvalue weighted by molar-refractivity contribution is -0.140. The molecule has 1 aromatic carbocycles. The quantitative estimate of drug-likeness (QED) is 0.754. The molecule has 0 bridgehead atoms. The number of esters is 1. The van der Waals surface area contributed by atoms with Crippen molar-refractivity contribution in [2.75, 3.05) is 24.6 Å². The Bertz CT molecular complexity index is 332. The van der Waals surface area contributed by atoms with Gasteiger partial charge in [-0.05, 0) is 38.3 Å². The predicted molar refractivity (Wildman–Crippen MR) is 74.8 cm³/mol. The SMILES string of the molecule is CCOC(C)=O.c1ccc(N2CCCCC2)cc1. The van der Waals surface area contributed by atoms with E-state index in [4.69, 9.17) is 0 Å². The fourth-order valence-corrected chi connectivity index (χ4v) is 1.99. The Morgan fingerprint density at radius 1 is 1.17 bits per heavy atom. The number of benzene rings is 1. The van der Waals surface area contributed by atoms with Gasteiger partial charge in [0.2, 0.25) is 0 Å². The lowest BCUT2D eigenvalue weighted by Crippen LogP contribution is -2.29. The van der Waals surface area contributed by atoms with Crippen LogP contribution in [0.4, 0.5) is 5.69 Å². The third-order valence-corrected chi connectivity index (χ3v) is 2.83. The summed E-state index contributed by atoms with van der Waals surface area (Å²) in [5.41, 5.74) is 1.39. The van der Waals surface area contributed by atoms with Crippen molar-refractivity contribution in [1.82, 2.24) is 0 Å². The Morgan fingerprint density at radius 2 is 1.78 bits per heavy atom. The van der Waals surface area contributed by atoms with Gasteiger partial charge in [-0.15, -0.1) is 0 Å². The van der Waals surface area contributed by atoms with Crippen LogP contribution in [-0.4, -0.2) is 25.7 Å². The van der Waals surface area contributed by atoms with Gasteiger partial charge in [-0.25, -0.2) is 0 Å². The molecule has 0 N–H and O–H groups in total. The van der Waals surface area contributed by atoms with Crippen molar-refractivity contribution in [2.24, 2.45) is 0 Å². The van der Waals surface area contributed by atoms with Gasteiger partial charge in [0.1, 0.15) is 0 Å². The molecule has 1 heterocycles. The topological polar surface area (TPSA) is 29.5 Å².